The second kappa shape index (κ2) is 5.22. The first kappa shape index (κ1) is 11.9. The molecule has 0 spiro atoms. The summed E-state index contributed by atoms with van der Waals surface area (Å²) in [5.41, 5.74) is 0.958. The molecule has 0 bridgehead atoms. The maximum atomic E-state index is 8.68. The van der Waals surface area contributed by atoms with E-state index in [2.05, 4.69) is 19.9 Å². The minimum absolute atomic E-state index is 0.201. The molecule has 1 saturated carbocycles. The van der Waals surface area contributed by atoms with E-state index < -0.39 is 0 Å². The molecule has 1 aliphatic carbocycles. The van der Waals surface area contributed by atoms with Crippen molar-refractivity contribution in [1.82, 2.24) is 24.5 Å². The Labute approximate surface area is 111 Å². The second-order valence-electron chi connectivity index (χ2n) is 4.96. The molecule has 1 aliphatic rings. The van der Waals surface area contributed by atoms with Gasteiger partial charge in [0, 0.05) is 6.20 Å². The van der Waals surface area contributed by atoms with Gasteiger partial charge < -0.3 is 0 Å². The van der Waals surface area contributed by atoms with Crippen LogP contribution in [0.2, 0.25) is 0 Å². The Kier molecular flexibility index (Phi) is 3.27. The molecule has 0 unspecified atom stereocenters. The van der Waals surface area contributed by atoms with Crippen molar-refractivity contribution in [3.05, 3.63) is 30.1 Å². The minimum Gasteiger partial charge on any atom is -0.269 e. The van der Waals surface area contributed by atoms with Crippen LogP contribution in [0.15, 0.2) is 18.6 Å². The number of nitriles is 1. The lowest BCUT2D eigenvalue weighted by Gasteiger charge is -2.21. The predicted octanol–water partition coefficient (Wildman–Crippen LogP) is 1.90. The highest BCUT2D eigenvalue weighted by molar-refractivity contribution is 5.06. The maximum absolute atomic E-state index is 8.68. The summed E-state index contributed by atoms with van der Waals surface area (Å²) in [5.74, 6) is 0.201. The van der Waals surface area contributed by atoms with Crippen LogP contribution in [0, 0.1) is 11.3 Å². The monoisotopic (exact) mass is 256 g/mol. The first-order chi connectivity index (χ1) is 9.35. The molecule has 19 heavy (non-hydrogen) atoms. The van der Waals surface area contributed by atoms with Gasteiger partial charge in [-0.3, -0.25) is 4.68 Å². The zero-order valence-corrected chi connectivity index (χ0v) is 10.7. The first-order valence-electron chi connectivity index (χ1n) is 6.69. The van der Waals surface area contributed by atoms with Gasteiger partial charge in [-0.1, -0.05) is 19.3 Å². The molecule has 1 fully saturated rings. The standard InChI is InChI=1S/C13H16N6/c14-8-13-15-10-18(17-13)9-11-6-7-19(16-11)12-4-2-1-3-5-12/h6-7,10,12H,1-5,9H2. The van der Waals surface area contributed by atoms with Gasteiger partial charge in [-0.2, -0.15) is 10.4 Å². The van der Waals surface area contributed by atoms with Crippen molar-refractivity contribution in [3.63, 3.8) is 0 Å². The molecule has 0 amide bonds. The molecule has 6 nitrogen and oxygen atoms in total. The Balaban J connectivity index is 1.69. The molecule has 3 rings (SSSR count). The lowest BCUT2D eigenvalue weighted by molar-refractivity contribution is 0.327. The van der Waals surface area contributed by atoms with Gasteiger partial charge in [0.05, 0.1) is 18.3 Å². The van der Waals surface area contributed by atoms with Gasteiger partial charge in [0.15, 0.2) is 0 Å². The van der Waals surface area contributed by atoms with Crippen LogP contribution in [0.1, 0.15) is 49.7 Å². The van der Waals surface area contributed by atoms with Crippen LogP contribution in [-0.2, 0) is 6.54 Å². The number of nitrogens with zero attached hydrogens (tertiary/aromatic N) is 6. The lowest BCUT2D eigenvalue weighted by atomic mass is 9.96. The summed E-state index contributed by atoms with van der Waals surface area (Å²) in [7, 11) is 0. The summed E-state index contributed by atoms with van der Waals surface area (Å²) in [5, 5.41) is 17.3. The Bertz CT molecular complexity index is 584. The van der Waals surface area contributed by atoms with E-state index >= 15 is 0 Å². The normalized spacial score (nSPS) is 16.4. The van der Waals surface area contributed by atoms with E-state index in [0.29, 0.717) is 12.6 Å². The van der Waals surface area contributed by atoms with Gasteiger partial charge in [0.25, 0.3) is 5.82 Å². The molecule has 2 aromatic heterocycles. The number of hydrogen-bond donors (Lipinski definition) is 0. The zero-order chi connectivity index (χ0) is 13.1. The molecular weight excluding hydrogens is 240 g/mol. The lowest BCUT2D eigenvalue weighted by Crippen LogP contribution is -2.13. The summed E-state index contributed by atoms with van der Waals surface area (Å²) >= 11 is 0. The van der Waals surface area contributed by atoms with Crippen molar-refractivity contribution in [2.45, 2.75) is 44.7 Å². The topological polar surface area (TPSA) is 72.3 Å². The van der Waals surface area contributed by atoms with Crippen LogP contribution in [0.5, 0.6) is 0 Å². The molecule has 2 heterocycles. The van der Waals surface area contributed by atoms with Gasteiger partial charge in [-0.05, 0) is 18.9 Å². The molecule has 98 valence electrons. The second-order valence-corrected chi connectivity index (χ2v) is 4.96. The molecule has 0 radical (unpaired) electrons. The highest BCUT2D eigenvalue weighted by atomic mass is 15.3. The third kappa shape index (κ3) is 2.65. The van der Waals surface area contributed by atoms with Crippen LogP contribution < -0.4 is 0 Å². The fourth-order valence-electron chi connectivity index (χ4n) is 2.60. The van der Waals surface area contributed by atoms with E-state index in [1.165, 1.54) is 32.1 Å². The largest absolute Gasteiger partial charge is 0.269 e. The molecule has 0 aliphatic heterocycles. The Morgan fingerprint density at radius 3 is 2.84 bits per heavy atom. The number of aromatic nitrogens is 5. The van der Waals surface area contributed by atoms with Crippen LogP contribution in [0.25, 0.3) is 0 Å². The summed E-state index contributed by atoms with van der Waals surface area (Å²) in [6, 6.07) is 4.49. The fraction of sp³-hybridized carbons (Fsp3) is 0.538. The van der Waals surface area contributed by atoms with Crippen molar-refractivity contribution in [2.24, 2.45) is 0 Å². The molecular formula is C13H16N6. The molecule has 2 aromatic rings. The molecule has 0 atom stereocenters. The van der Waals surface area contributed by atoms with Crippen LogP contribution >= 0.6 is 0 Å². The molecule has 0 saturated heterocycles. The van der Waals surface area contributed by atoms with Crippen LogP contribution in [0.3, 0.4) is 0 Å². The van der Waals surface area contributed by atoms with Crippen molar-refractivity contribution in [3.8, 4) is 6.07 Å². The molecule has 6 heteroatoms. The first-order valence-corrected chi connectivity index (χ1v) is 6.69. The van der Waals surface area contributed by atoms with E-state index in [4.69, 9.17) is 5.26 Å². The molecule has 0 N–H and O–H groups in total. The Hall–Kier alpha value is -2.16. The number of hydrogen-bond acceptors (Lipinski definition) is 4. The van der Waals surface area contributed by atoms with Crippen molar-refractivity contribution in [1.29, 1.82) is 5.26 Å². The average Bonchev–Trinajstić information content (AvgIpc) is 3.09. The van der Waals surface area contributed by atoms with E-state index in [9.17, 15) is 0 Å². The smallest absolute Gasteiger partial charge is 0.252 e. The summed E-state index contributed by atoms with van der Waals surface area (Å²) in [6.45, 7) is 0.564. The third-order valence-corrected chi connectivity index (χ3v) is 3.57. The van der Waals surface area contributed by atoms with Crippen molar-refractivity contribution >= 4 is 0 Å². The van der Waals surface area contributed by atoms with E-state index in [1.54, 1.807) is 11.0 Å². The fourth-order valence-corrected chi connectivity index (χ4v) is 2.60. The number of rotatable bonds is 3. The summed E-state index contributed by atoms with van der Waals surface area (Å²) in [4.78, 5) is 3.88. The van der Waals surface area contributed by atoms with E-state index in [1.807, 2.05) is 18.3 Å². The highest BCUT2D eigenvalue weighted by Gasteiger charge is 2.16. The van der Waals surface area contributed by atoms with Crippen molar-refractivity contribution < 1.29 is 0 Å². The quantitative estimate of drug-likeness (QED) is 0.840. The van der Waals surface area contributed by atoms with Gasteiger partial charge in [-0.15, -0.1) is 5.10 Å². The Morgan fingerprint density at radius 1 is 1.26 bits per heavy atom. The summed E-state index contributed by atoms with van der Waals surface area (Å²) < 4.78 is 3.72. The zero-order valence-electron chi connectivity index (χ0n) is 10.7. The maximum Gasteiger partial charge on any atom is 0.252 e. The van der Waals surface area contributed by atoms with Crippen LogP contribution in [0.4, 0.5) is 0 Å². The summed E-state index contributed by atoms with van der Waals surface area (Å²) in [6.07, 6.45) is 10.0. The molecule has 0 aromatic carbocycles. The minimum atomic E-state index is 0.201. The van der Waals surface area contributed by atoms with Gasteiger partial charge in [-0.25, -0.2) is 9.67 Å². The highest BCUT2D eigenvalue weighted by Crippen LogP contribution is 2.27. The van der Waals surface area contributed by atoms with Crippen molar-refractivity contribution in [2.75, 3.05) is 0 Å². The van der Waals surface area contributed by atoms with Crippen LogP contribution in [-0.4, -0.2) is 24.5 Å². The SMILES string of the molecule is N#Cc1ncn(Cc2ccn(C3CCCCC3)n2)n1. The van der Waals surface area contributed by atoms with Gasteiger partial charge in [0.2, 0.25) is 0 Å². The van der Waals surface area contributed by atoms with E-state index in [0.717, 1.165) is 5.69 Å². The predicted molar refractivity (Wildman–Crippen MR) is 68.2 cm³/mol. The third-order valence-electron chi connectivity index (χ3n) is 3.57. The van der Waals surface area contributed by atoms with Gasteiger partial charge >= 0.3 is 0 Å². The van der Waals surface area contributed by atoms with Gasteiger partial charge in [0.1, 0.15) is 12.4 Å². The Morgan fingerprint density at radius 2 is 2.11 bits per heavy atom. The van der Waals surface area contributed by atoms with E-state index in [-0.39, 0.29) is 5.82 Å². The average molecular weight is 256 g/mol.